The van der Waals surface area contributed by atoms with E-state index in [0.717, 1.165) is 9.37 Å². The second-order valence-corrected chi connectivity index (χ2v) is 8.59. The van der Waals surface area contributed by atoms with Gasteiger partial charge < -0.3 is 9.47 Å². The molecular formula is C25H16BrClN2O6. The Bertz CT molecular complexity index is 1370. The molecule has 0 atom stereocenters. The van der Waals surface area contributed by atoms with Gasteiger partial charge in [0.1, 0.15) is 5.57 Å². The molecule has 0 spiro atoms. The summed E-state index contributed by atoms with van der Waals surface area (Å²) in [5, 5.41) is 2.58. The number of urea groups is 1. The highest BCUT2D eigenvalue weighted by Crippen LogP contribution is 2.31. The Labute approximate surface area is 213 Å². The fraction of sp³-hybridized carbons (Fsp3) is 0.0400. The normalized spacial score (nSPS) is 14.7. The topological polar surface area (TPSA) is 102 Å². The van der Waals surface area contributed by atoms with Crippen LogP contribution in [0.3, 0.4) is 0 Å². The van der Waals surface area contributed by atoms with Gasteiger partial charge in [-0.2, -0.15) is 0 Å². The second kappa shape index (κ2) is 10.1. The van der Waals surface area contributed by atoms with Crippen molar-refractivity contribution < 1.29 is 28.7 Å². The number of barbiturate groups is 1. The van der Waals surface area contributed by atoms with E-state index in [4.69, 9.17) is 21.1 Å². The number of carbonyl (C=O) groups is 4. The van der Waals surface area contributed by atoms with Crippen molar-refractivity contribution in [3.63, 3.8) is 0 Å². The van der Waals surface area contributed by atoms with Gasteiger partial charge in [0.2, 0.25) is 0 Å². The van der Waals surface area contributed by atoms with Crippen molar-refractivity contribution in [1.29, 1.82) is 0 Å². The number of hydrogen-bond donors (Lipinski definition) is 1. The van der Waals surface area contributed by atoms with Crippen molar-refractivity contribution in [2.45, 2.75) is 0 Å². The number of anilines is 1. The van der Waals surface area contributed by atoms with E-state index in [-0.39, 0.29) is 22.8 Å². The highest BCUT2D eigenvalue weighted by molar-refractivity contribution is 9.10. The van der Waals surface area contributed by atoms with Crippen molar-refractivity contribution in [3.8, 4) is 11.5 Å². The summed E-state index contributed by atoms with van der Waals surface area (Å²) >= 11 is 9.19. The summed E-state index contributed by atoms with van der Waals surface area (Å²) < 4.78 is 11.6. The minimum atomic E-state index is -0.868. The largest absolute Gasteiger partial charge is 0.493 e. The van der Waals surface area contributed by atoms with Gasteiger partial charge in [0.25, 0.3) is 11.8 Å². The Morgan fingerprint density at radius 2 is 1.66 bits per heavy atom. The van der Waals surface area contributed by atoms with E-state index < -0.39 is 23.8 Å². The molecule has 4 rings (SSSR count). The monoisotopic (exact) mass is 554 g/mol. The van der Waals surface area contributed by atoms with E-state index in [9.17, 15) is 19.2 Å². The quantitative estimate of drug-likeness (QED) is 0.206. The molecule has 0 saturated carbocycles. The highest BCUT2D eigenvalue weighted by atomic mass is 79.9. The molecule has 0 aliphatic carbocycles. The van der Waals surface area contributed by atoms with E-state index in [1.54, 1.807) is 30.3 Å². The number of imide groups is 2. The second-order valence-electron chi connectivity index (χ2n) is 7.24. The van der Waals surface area contributed by atoms with E-state index in [1.807, 2.05) is 0 Å². The summed E-state index contributed by atoms with van der Waals surface area (Å²) in [6.07, 6.45) is 1.32. The molecule has 1 N–H and O–H groups in total. The lowest BCUT2D eigenvalue weighted by atomic mass is 10.1. The number of carbonyl (C=O) groups excluding carboxylic acids is 4. The lowest BCUT2D eigenvalue weighted by Gasteiger charge is -2.26. The van der Waals surface area contributed by atoms with Crippen LogP contribution in [-0.4, -0.2) is 30.9 Å². The number of hydrogen-bond acceptors (Lipinski definition) is 6. The van der Waals surface area contributed by atoms with Gasteiger partial charge in [-0.25, -0.2) is 14.5 Å². The lowest BCUT2D eigenvalue weighted by molar-refractivity contribution is -0.122. The molecule has 1 heterocycles. The smallest absolute Gasteiger partial charge is 0.343 e. The average molecular weight is 556 g/mol. The summed E-state index contributed by atoms with van der Waals surface area (Å²) in [5.74, 6) is -1.86. The molecule has 176 valence electrons. The molecule has 10 heteroatoms. The van der Waals surface area contributed by atoms with Crippen LogP contribution in [0.5, 0.6) is 11.5 Å². The molecule has 0 unspecified atom stereocenters. The molecule has 1 saturated heterocycles. The maximum Gasteiger partial charge on any atom is 0.343 e. The van der Waals surface area contributed by atoms with E-state index in [0.29, 0.717) is 16.1 Å². The third-order valence-corrected chi connectivity index (χ3v) is 5.75. The van der Waals surface area contributed by atoms with Gasteiger partial charge in [-0.15, -0.1) is 0 Å². The number of ether oxygens (including phenoxy) is 2. The fourth-order valence-corrected chi connectivity index (χ4v) is 3.64. The van der Waals surface area contributed by atoms with Crippen LogP contribution in [-0.2, 0) is 9.59 Å². The van der Waals surface area contributed by atoms with Crippen molar-refractivity contribution >= 4 is 63.1 Å². The number of benzene rings is 3. The summed E-state index contributed by atoms with van der Waals surface area (Å²) in [6.45, 7) is 0. The molecular weight excluding hydrogens is 540 g/mol. The molecule has 3 aromatic carbocycles. The standard InChI is InChI=1S/C25H16BrClN2O6/c1-34-21-13-14(2-11-20(21)35-24(32)15-3-5-16(26)6-4-15)12-19-22(30)28-25(33)29(23(19)31)18-9-7-17(27)8-10-18/h2-13H,1H3,(H,28,30,33)/b19-12+. The van der Waals surface area contributed by atoms with Crippen molar-refractivity contribution in [1.82, 2.24) is 5.32 Å². The SMILES string of the molecule is COc1cc(/C=C2\C(=O)NC(=O)N(c3ccc(Cl)cc3)C2=O)ccc1OC(=O)c1ccc(Br)cc1. The molecule has 35 heavy (non-hydrogen) atoms. The van der Waals surface area contributed by atoms with Gasteiger partial charge in [0.05, 0.1) is 18.4 Å². The third-order valence-electron chi connectivity index (χ3n) is 4.97. The van der Waals surface area contributed by atoms with Crippen LogP contribution in [0.15, 0.2) is 76.8 Å². The lowest BCUT2D eigenvalue weighted by Crippen LogP contribution is -2.54. The Hall–Kier alpha value is -3.95. The summed E-state index contributed by atoms with van der Waals surface area (Å²) in [4.78, 5) is 51.1. The molecule has 1 aliphatic heterocycles. The number of amides is 4. The molecule has 1 fully saturated rings. The van der Waals surface area contributed by atoms with Crippen LogP contribution in [0.25, 0.3) is 6.08 Å². The van der Waals surface area contributed by atoms with Gasteiger partial charge in [-0.05, 0) is 72.3 Å². The Kier molecular flexibility index (Phi) is 6.99. The number of nitrogens with one attached hydrogen (secondary N) is 1. The highest BCUT2D eigenvalue weighted by Gasteiger charge is 2.36. The molecule has 1 aliphatic rings. The Balaban J connectivity index is 1.61. The maximum absolute atomic E-state index is 13.0. The minimum Gasteiger partial charge on any atom is -0.493 e. The molecule has 0 radical (unpaired) electrons. The van der Waals surface area contributed by atoms with E-state index in [2.05, 4.69) is 21.2 Å². The van der Waals surface area contributed by atoms with Crippen molar-refractivity contribution in [2.75, 3.05) is 12.0 Å². The van der Waals surface area contributed by atoms with Crippen LogP contribution in [0.1, 0.15) is 15.9 Å². The Morgan fingerprint density at radius 3 is 2.31 bits per heavy atom. The van der Waals surface area contributed by atoms with Crippen molar-refractivity contribution in [3.05, 3.63) is 92.9 Å². The van der Waals surface area contributed by atoms with Gasteiger partial charge in [-0.3, -0.25) is 14.9 Å². The molecule has 4 amide bonds. The van der Waals surface area contributed by atoms with Gasteiger partial charge in [0.15, 0.2) is 11.5 Å². The minimum absolute atomic E-state index is 0.153. The number of rotatable bonds is 5. The molecule has 0 bridgehead atoms. The average Bonchev–Trinajstić information content (AvgIpc) is 2.84. The van der Waals surface area contributed by atoms with Crippen LogP contribution in [0.4, 0.5) is 10.5 Å². The van der Waals surface area contributed by atoms with Crippen LogP contribution in [0, 0.1) is 0 Å². The Morgan fingerprint density at radius 1 is 0.971 bits per heavy atom. The number of nitrogens with zero attached hydrogens (tertiary/aromatic N) is 1. The van der Waals surface area contributed by atoms with Crippen LogP contribution < -0.4 is 19.7 Å². The number of methoxy groups -OCH3 is 1. The third kappa shape index (κ3) is 5.26. The molecule has 3 aromatic rings. The zero-order valence-corrected chi connectivity index (χ0v) is 20.4. The number of esters is 1. The zero-order valence-electron chi connectivity index (χ0n) is 18.1. The van der Waals surface area contributed by atoms with E-state index >= 15 is 0 Å². The predicted octanol–water partition coefficient (Wildman–Crippen LogP) is 5.00. The molecule has 8 nitrogen and oxygen atoms in total. The first-order chi connectivity index (χ1) is 16.8. The first-order valence-electron chi connectivity index (χ1n) is 10.1. The van der Waals surface area contributed by atoms with E-state index in [1.165, 1.54) is 49.6 Å². The first kappa shape index (κ1) is 24.2. The van der Waals surface area contributed by atoms with Crippen molar-refractivity contribution in [2.24, 2.45) is 0 Å². The maximum atomic E-state index is 13.0. The van der Waals surface area contributed by atoms with Gasteiger partial charge >= 0.3 is 12.0 Å². The summed E-state index contributed by atoms with van der Waals surface area (Å²) in [7, 11) is 1.39. The fourth-order valence-electron chi connectivity index (χ4n) is 3.25. The summed E-state index contributed by atoms with van der Waals surface area (Å²) in [6, 6.07) is 16.3. The first-order valence-corrected chi connectivity index (χ1v) is 11.3. The van der Waals surface area contributed by atoms with Crippen LogP contribution in [0.2, 0.25) is 5.02 Å². The number of halogens is 2. The van der Waals surface area contributed by atoms with Gasteiger partial charge in [0, 0.05) is 9.50 Å². The summed E-state index contributed by atoms with van der Waals surface area (Å²) in [5.41, 5.74) is 0.747. The predicted molar refractivity (Wildman–Crippen MR) is 133 cm³/mol. The van der Waals surface area contributed by atoms with Gasteiger partial charge in [-0.1, -0.05) is 33.6 Å². The zero-order chi connectivity index (χ0) is 25.1. The molecule has 0 aromatic heterocycles. The van der Waals surface area contributed by atoms with Crippen LogP contribution >= 0.6 is 27.5 Å².